The number of fused-ring (bicyclic) bond motifs is 1. The Hall–Kier alpha value is -2.99. The van der Waals surface area contributed by atoms with Gasteiger partial charge >= 0.3 is 0 Å². The highest BCUT2D eigenvalue weighted by molar-refractivity contribution is 6.66. The summed E-state index contributed by atoms with van der Waals surface area (Å²) in [5.74, 6) is 0.509. The number of nitrogens with zero attached hydrogens (tertiary/aromatic N) is 4. The molecule has 3 aromatic heterocycles. The largest absolute Gasteiger partial charge is 0.330 e. The molecular formula is C20H12B4ClN5O. The SMILES string of the molecule is [B]c1c([B])c([B])c(C(=O)Nc2cc3nc(-c4cnc(C)n4C)ccc3cn2)c(Cl)c1[B]. The molecule has 6 nitrogen and oxygen atoms in total. The number of aromatic nitrogens is 4. The van der Waals surface area contributed by atoms with Crippen molar-refractivity contribution in [2.45, 2.75) is 6.92 Å². The highest BCUT2D eigenvalue weighted by atomic mass is 35.5. The summed E-state index contributed by atoms with van der Waals surface area (Å²) in [4.78, 5) is 26.1. The highest BCUT2D eigenvalue weighted by Gasteiger charge is 2.19. The normalized spacial score (nSPS) is 11.1. The van der Waals surface area contributed by atoms with Crippen LogP contribution >= 0.6 is 11.6 Å². The number of hydrogen-bond acceptors (Lipinski definition) is 4. The standard InChI is InChI=1S/C20H12B4ClN5O/c1-8-26-7-12(30(8)2)10-4-3-9-6-27-13(5-11(9)28-10)29-20(31)14-15(21)16(22)17(23)18(24)19(14)25/h3-7H,1-2H3,(H,27,29,31). The quantitative estimate of drug-likeness (QED) is 0.453. The second-order valence-electron chi connectivity index (χ2n) is 7.01. The van der Waals surface area contributed by atoms with Gasteiger partial charge in [0.05, 0.1) is 28.7 Å². The third-order valence-electron chi connectivity index (χ3n) is 5.12. The average Bonchev–Trinajstić information content (AvgIpc) is 3.09. The number of hydrogen-bond donors (Lipinski definition) is 1. The fourth-order valence-electron chi connectivity index (χ4n) is 3.16. The van der Waals surface area contributed by atoms with E-state index in [0.717, 1.165) is 22.6 Å². The van der Waals surface area contributed by atoms with E-state index in [1.165, 1.54) is 0 Å². The van der Waals surface area contributed by atoms with Crippen molar-refractivity contribution < 1.29 is 4.79 Å². The van der Waals surface area contributed by atoms with Gasteiger partial charge in [-0.25, -0.2) is 15.0 Å². The van der Waals surface area contributed by atoms with Crippen molar-refractivity contribution in [2.24, 2.45) is 7.05 Å². The molecule has 1 N–H and O–H groups in total. The van der Waals surface area contributed by atoms with Gasteiger partial charge in [-0.05, 0) is 19.1 Å². The maximum atomic E-state index is 12.8. The Labute approximate surface area is 189 Å². The lowest BCUT2D eigenvalue weighted by Gasteiger charge is -2.18. The van der Waals surface area contributed by atoms with Gasteiger partial charge in [-0.15, -0.1) is 10.9 Å². The van der Waals surface area contributed by atoms with Crippen molar-refractivity contribution in [1.29, 1.82) is 0 Å². The van der Waals surface area contributed by atoms with E-state index in [4.69, 9.17) is 43.0 Å². The Morgan fingerprint density at radius 1 is 1.03 bits per heavy atom. The second kappa shape index (κ2) is 7.93. The van der Waals surface area contributed by atoms with E-state index in [2.05, 4.69) is 20.3 Å². The first-order valence-corrected chi connectivity index (χ1v) is 9.55. The number of aryl methyl sites for hydroxylation is 1. The number of anilines is 1. The van der Waals surface area contributed by atoms with Crippen LogP contribution in [0.4, 0.5) is 5.82 Å². The molecule has 0 saturated carbocycles. The Morgan fingerprint density at radius 2 is 1.74 bits per heavy atom. The van der Waals surface area contributed by atoms with Crippen LogP contribution in [0.1, 0.15) is 16.2 Å². The van der Waals surface area contributed by atoms with Gasteiger partial charge in [-0.1, -0.05) is 22.5 Å². The van der Waals surface area contributed by atoms with E-state index in [0.29, 0.717) is 5.52 Å². The molecule has 4 aromatic rings. The van der Waals surface area contributed by atoms with Crippen LogP contribution < -0.4 is 27.2 Å². The number of benzene rings is 1. The number of carbonyl (C=O) groups excluding carboxylic acids is 1. The number of carbonyl (C=O) groups is 1. The molecular weight excluding hydrogens is 405 g/mol. The molecule has 4 rings (SSSR count). The predicted molar refractivity (Wildman–Crippen MR) is 127 cm³/mol. The van der Waals surface area contributed by atoms with Gasteiger partial charge in [-0.2, -0.15) is 0 Å². The summed E-state index contributed by atoms with van der Waals surface area (Å²) >= 11 is 6.19. The third kappa shape index (κ3) is 3.65. The summed E-state index contributed by atoms with van der Waals surface area (Å²) < 4.78 is 1.94. The smallest absolute Gasteiger partial charge is 0.257 e. The topological polar surface area (TPSA) is 72.7 Å². The lowest BCUT2D eigenvalue weighted by atomic mass is 9.65. The summed E-state index contributed by atoms with van der Waals surface area (Å²) in [7, 11) is 25.3. The van der Waals surface area contributed by atoms with Gasteiger partial charge in [0.15, 0.2) is 0 Å². The van der Waals surface area contributed by atoms with Crippen LogP contribution in [0.25, 0.3) is 22.3 Å². The predicted octanol–water partition coefficient (Wildman–Crippen LogP) is -0.580. The fraction of sp³-hybridized carbons (Fsp3) is 0.100. The molecule has 0 fully saturated rings. The minimum Gasteiger partial charge on any atom is -0.330 e. The number of amides is 1. The molecule has 0 bridgehead atoms. The minimum atomic E-state index is -0.619. The van der Waals surface area contributed by atoms with Crippen molar-refractivity contribution in [3.05, 3.63) is 47.0 Å². The van der Waals surface area contributed by atoms with Crippen molar-refractivity contribution in [3.63, 3.8) is 0 Å². The van der Waals surface area contributed by atoms with Crippen LogP contribution in [-0.4, -0.2) is 56.8 Å². The molecule has 0 saturated heterocycles. The Balaban J connectivity index is 1.71. The van der Waals surface area contributed by atoms with E-state index in [1.54, 1.807) is 18.5 Å². The Morgan fingerprint density at radius 3 is 2.42 bits per heavy atom. The average molecular weight is 417 g/mol. The number of nitrogens with one attached hydrogen (secondary N) is 1. The third-order valence-corrected chi connectivity index (χ3v) is 5.51. The molecule has 1 amide bonds. The summed E-state index contributed by atoms with van der Waals surface area (Å²) in [5.41, 5.74) is 2.14. The van der Waals surface area contributed by atoms with E-state index in [1.807, 2.05) is 30.7 Å². The highest BCUT2D eigenvalue weighted by Crippen LogP contribution is 2.22. The Bertz CT molecular complexity index is 1340. The molecule has 11 heteroatoms. The molecule has 0 atom stereocenters. The minimum absolute atomic E-state index is 0.00343. The first-order valence-electron chi connectivity index (χ1n) is 9.17. The van der Waals surface area contributed by atoms with Gasteiger partial charge in [0, 0.05) is 29.7 Å². The van der Waals surface area contributed by atoms with Crippen LogP contribution in [0, 0.1) is 6.92 Å². The van der Waals surface area contributed by atoms with E-state index < -0.39 is 5.91 Å². The second-order valence-corrected chi connectivity index (χ2v) is 7.38. The summed E-state index contributed by atoms with van der Waals surface area (Å²) in [6.07, 6.45) is 3.36. The van der Waals surface area contributed by atoms with Gasteiger partial charge < -0.3 is 9.88 Å². The molecule has 3 heterocycles. The molecule has 1 aromatic carbocycles. The van der Waals surface area contributed by atoms with Gasteiger partial charge in [0.25, 0.3) is 5.91 Å². The number of imidazole rings is 1. The molecule has 31 heavy (non-hydrogen) atoms. The first kappa shape index (κ1) is 21.2. The van der Waals surface area contributed by atoms with E-state index in [-0.39, 0.29) is 38.3 Å². The first-order chi connectivity index (χ1) is 14.7. The molecule has 0 aliphatic rings. The molecule has 0 aliphatic heterocycles. The summed E-state index contributed by atoms with van der Waals surface area (Å²) in [6, 6.07) is 5.43. The lowest BCUT2D eigenvalue weighted by Crippen LogP contribution is -2.50. The van der Waals surface area contributed by atoms with Gasteiger partial charge in [-0.3, -0.25) is 4.79 Å². The number of halogens is 1. The van der Waals surface area contributed by atoms with Crippen LogP contribution in [0.5, 0.6) is 0 Å². The van der Waals surface area contributed by atoms with Gasteiger partial charge in [0.1, 0.15) is 43.0 Å². The fourth-order valence-corrected chi connectivity index (χ4v) is 3.45. The van der Waals surface area contributed by atoms with E-state index >= 15 is 0 Å². The number of rotatable bonds is 3. The maximum absolute atomic E-state index is 12.8. The lowest BCUT2D eigenvalue weighted by molar-refractivity contribution is 0.102. The van der Waals surface area contributed by atoms with Crippen molar-refractivity contribution in [1.82, 2.24) is 19.5 Å². The van der Waals surface area contributed by atoms with Gasteiger partial charge in [0.2, 0.25) is 0 Å². The monoisotopic (exact) mass is 417 g/mol. The Kier molecular flexibility index (Phi) is 5.43. The van der Waals surface area contributed by atoms with Crippen molar-refractivity contribution in [2.75, 3.05) is 5.32 Å². The van der Waals surface area contributed by atoms with E-state index in [9.17, 15) is 4.79 Å². The summed E-state index contributed by atoms with van der Waals surface area (Å²) in [6.45, 7) is 1.91. The van der Waals surface area contributed by atoms with Crippen LogP contribution in [0.15, 0.2) is 30.6 Å². The molecule has 0 unspecified atom stereocenters. The molecule has 0 aliphatic carbocycles. The number of pyridine rings is 2. The van der Waals surface area contributed by atoms with Crippen LogP contribution in [0.2, 0.25) is 5.02 Å². The zero-order chi connectivity index (χ0) is 22.4. The van der Waals surface area contributed by atoms with Crippen molar-refractivity contribution in [3.8, 4) is 11.4 Å². The summed E-state index contributed by atoms with van der Waals surface area (Å²) in [5, 5.41) is 3.39. The molecule has 8 radical (unpaired) electrons. The maximum Gasteiger partial charge on any atom is 0.257 e. The zero-order valence-electron chi connectivity index (χ0n) is 16.8. The van der Waals surface area contributed by atoms with Crippen LogP contribution in [0.3, 0.4) is 0 Å². The van der Waals surface area contributed by atoms with Crippen molar-refractivity contribution >= 4 is 87.5 Å². The van der Waals surface area contributed by atoms with Crippen LogP contribution in [-0.2, 0) is 7.05 Å². The zero-order valence-corrected chi connectivity index (χ0v) is 17.5. The molecule has 0 spiro atoms. The molecule has 142 valence electrons.